The molecule has 2 rings (SSSR count). The predicted octanol–water partition coefficient (Wildman–Crippen LogP) is 1.75. The van der Waals surface area contributed by atoms with Gasteiger partial charge in [0, 0.05) is 19.6 Å². The fraction of sp³-hybridized carbons (Fsp3) is 0.778. The molecule has 1 aliphatic heterocycles. The molecule has 1 aromatic heterocycles. The van der Waals surface area contributed by atoms with Crippen LogP contribution < -0.4 is 10.2 Å². The van der Waals surface area contributed by atoms with Gasteiger partial charge in [-0.3, -0.25) is 0 Å². The molecule has 1 aromatic rings. The van der Waals surface area contributed by atoms with Crippen molar-refractivity contribution in [2.24, 2.45) is 0 Å². The molecule has 1 N–H and O–H groups in total. The molecule has 96 valence electrons. The third kappa shape index (κ3) is 3.06. The number of aromatic nitrogens is 2. The summed E-state index contributed by atoms with van der Waals surface area (Å²) in [6.07, 6.45) is -2.24. The van der Waals surface area contributed by atoms with Gasteiger partial charge in [-0.1, -0.05) is 11.3 Å². The maximum Gasteiger partial charge on any atom is 0.445 e. The molecule has 0 amide bonds. The molecule has 17 heavy (non-hydrogen) atoms. The third-order valence-electron chi connectivity index (χ3n) is 2.64. The van der Waals surface area contributed by atoms with Gasteiger partial charge in [-0.2, -0.15) is 13.2 Å². The Morgan fingerprint density at radius 3 is 2.76 bits per heavy atom. The van der Waals surface area contributed by atoms with E-state index in [1.54, 1.807) is 11.9 Å². The van der Waals surface area contributed by atoms with E-state index in [1.807, 2.05) is 0 Å². The lowest BCUT2D eigenvalue weighted by Crippen LogP contribution is -2.35. The second-order valence-electron chi connectivity index (χ2n) is 4.06. The minimum absolute atomic E-state index is 0.311. The number of hydrogen-bond donors (Lipinski definition) is 1. The smallest absolute Gasteiger partial charge is 0.348 e. The van der Waals surface area contributed by atoms with Crippen LogP contribution in [-0.2, 0) is 6.18 Å². The van der Waals surface area contributed by atoms with E-state index >= 15 is 0 Å². The van der Waals surface area contributed by atoms with Crippen LogP contribution in [0.15, 0.2) is 0 Å². The number of alkyl halides is 3. The molecule has 0 saturated carbocycles. The molecule has 1 aliphatic rings. The number of anilines is 1. The van der Waals surface area contributed by atoms with Gasteiger partial charge < -0.3 is 10.2 Å². The lowest BCUT2D eigenvalue weighted by atomic mass is 10.2. The van der Waals surface area contributed by atoms with E-state index in [1.165, 1.54) is 0 Å². The Kier molecular flexibility index (Phi) is 3.53. The minimum Gasteiger partial charge on any atom is -0.348 e. The lowest BCUT2D eigenvalue weighted by molar-refractivity contribution is -0.138. The van der Waals surface area contributed by atoms with Crippen molar-refractivity contribution in [1.29, 1.82) is 0 Å². The zero-order valence-corrected chi connectivity index (χ0v) is 10.1. The minimum atomic E-state index is -4.40. The Hall–Kier alpha value is -0.890. The molecule has 0 radical (unpaired) electrons. The molecule has 2 heterocycles. The van der Waals surface area contributed by atoms with Crippen molar-refractivity contribution in [3.8, 4) is 0 Å². The summed E-state index contributed by atoms with van der Waals surface area (Å²) in [7, 11) is 1.74. The first kappa shape index (κ1) is 12.6. The highest BCUT2D eigenvalue weighted by Crippen LogP contribution is 2.34. The average molecular weight is 266 g/mol. The van der Waals surface area contributed by atoms with E-state index in [0.29, 0.717) is 29.1 Å². The number of nitrogens with zero attached hydrogens (tertiary/aromatic N) is 3. The number of halogens is 3. The Morgan fingerprint density at radius 2 is 2.24 bits per heavy atom. The monoisotopic (exact) mass is 266 g/mol. The van der Waals surface area contributed by atoms with E-state index in [2.05, 4.69) is 15.5 Å². The first-order valence-electron chi connectivity index (χ1n) is 5.32. The third-order valence-corrected chi connectivity index (χ3v) is 3.72. The van der Waals surface area contributed by atoms with Gasteiger partial charge in [0.15, 0.2) is 0 Å². The normalized spacial score (nSPS) is 20.8. The van der Waals surface area contributed by atoms with Crippen LogP contribution in [0.3, 0.4) is 0 Å². The van der Waals surface area contributed by atoms with Gasteiger partial charge in [0.25, 0.3) is 0 Å². The highest BCUT2D eigenvalue weighted by molar-refractivity contribution is 7.15. The molecule has 8 heteroatoms. The van der Waals surface area contributed by atoms with E-state index in [-0.39, 0.29) is 0 Å². The number of hydrogen-bond acceptors (Lipinski definition) is 5. The molecule has 1 fully saturated rings. The van der Waals surface area contributed by atoms with E-state index in [0.717, 1.165) is 19.4 Å². The standard InChI is InChI=1S/C9H13F3N4S/c1-16(5-6-3-2-4-13-6)8-15-14-7(17-8)9(10,11)12/h6,13H,2-5H2,1H3. The average Bonchev–Trinajstić information content (AvgIpc) is 2.85. The second kappa shape index (κ2) is 4.77. The van der Waals surface area contributed by atoms with Crippen molar-refractivity contribution in [3.05, 3.63) is 5.01 Å². The SMILES string of the molecule is CN(CC1CCCN1)c1nnc(C(F)(F)F)s1. The Labute approximate surface area is 101 Å². The maximum atomic E-state index is 12.3. The quantitative estimate of drug-likeness (QED) is 0.905. The van der Waals surface area contributed by atoms with Crippen molar-refractivity contribution in [2.75, 3.05) is 25.0 Å². The molecule has 1 saturated heterocycles. The molecule has 0 aliphatic carbocycles. The van der Waals surface area contributed by atoms with Crippen LogP contribution >= 0.6 is 11.3 Å². The fourth-order valence-electron chi connectivity index (χ4n) is 1.81. The molecular weight excluding hydrogens is 253 g/mol. The van der Waals surface area contributed by atoms with Crippen LogP contribution in [0.5, 0.6) is 0 Å². The molecule has 0 spiro atoms. The van der Waals surface area contributed by atoms with Gasteiger partial charge in [0.1, 0.15) is 0 Å². The van der Waals surface area contributed by atoms with E-state index in [9.17, 15) is 13.2 Å². The van der Waals surface area contributed by atoms with Crippen molar-refractivity contribution in [2.45, 2.75) is 25.1 Å². The van der Waals surface area contributed by atoms with Crippen molar-refractivity contribution in [1.82, 2.24) is 15.5 Å². The van der Waals surface area contributed by atoms with Crippen LogP contribution in [-0.4, -0.2) is 36.4 Å². The molecule has 0 bridgehead atoms. The van der Waals surface area contributed by atoms with Gasteiger partial charge in [0.05, 0.1) is 0 Å². The summed E-state index contributed by atoms with van der Waals surface area (Å²) in [5.41, 5.74) is 0. The molecule has 0 aromatic carbocycles. The Bertz CT molecular complexity index is 373. The summed E-state index contributed by atoms with van der Waals surface area (Å²) in [6.45, 7) is 1.63. The summed E-state index contributed by atoms with van der Waals surface area (Å²) in [4.78, 5) is 1.72. The van der Waals surface area contributed by atoms with Gasteiger partial charge in [-0.05, 0) is 19.4 Å². The van der Waals surface area contributed by atoms with Crippen molar-refractivity contribution in [3.63, 3.8) is 0 Å². The van der Waals surface area contributed by atoms with E-state index in [4.69, 9.17) is 0 Å². The van der Waals surface area contributed by atoms with Crippen molar-refractivity contribution >= 4 is 16.5 Å². The second-order valence-corrected chi connectivity index (χ2v) is 5.02. The zero-order chi connectivity index (χ0) is 12.5. The maximum absolute atomic E-state index is 12.3. The largest absolute Gasteiger partial charge is 0.445 e. The molecule has 4 nitrogen and oxygen atoms in total. The van der Waals surface area contributed by atoms with Crippen LogP contribution in [0.2, 0.25) is 0 Å². The summed E-state index contributed by atoms with van der Waals surface area (Å²) in [5, 5.41) is 9.44. The summed E-state index contributed by atoms with van der Waals surface area (Å²) in [6, 6.07) is 0.332. The zero-order valence-electron chi connectivity index (χ0n) is 9.29. The first-order valence-corrected chi connectivity index (χ1v) is 6.13. The highest BCUT2D eigenvalue weighted by Gasteiger charge is 2.36. The number of rotatable bonds is 3. The Morgan fingerprint density at radius 1 is 1.47 bits per heavy atom. The van der Waals surface area contributed by atoms with Gasteiger partial charge >= 0.3 is 6.18 Å². The van der Waals surface area contributed by atoms with Crippen LogP contribution in [0.25, 0.3) is 0 Å². The topological polar surface area (TPSA) is 41.0 Å². The highest BCUT2D eigenvalue weighted by atomic mass is 32.1. The van der Waals surface area contributed by atoms with Crippen molar-refractivity contribution < 1.29 is 13.2 Å². The van der Waals surface area contributed by atoms with Gasteiger partial charge in [0.2, 0.25) is 10.1 Å². The summed E-state index contributed by atoms with van der Waals surface area (Å²) >= 11 is 0.582. The Balaban J connectivity index is 1.99. The van der Waals surface area contributed by atoms with Crippen LogP contribution in [0.1, 0.15) is 17.8 Å². The van der Waals surface area contributed by atoms with Gasteiger partial charge in [-0.15, -0.1) is 10.2 Å². The summed E-state index contributed by atoms with van der Waals surface area (Å²) in [5.74, 6) is 0. The molecule has 1 atom stereocenters. The summed E-state index contributed by atoms with van der Waals surface area (Å²) < 4.78 is 37.0. The first-order chi connectivity index (χ1) is 7.97. The molecule has 1 unspecified atom stereocenters. The predicted molar refractivity (Wildman–Crippen MR) is 59.2 cm³/mol. The number of nitrogens with one attached hydrogen (secondary N) is 1. The molecular formula is C9H13F3N4S. The fourth-order valence-corrected chi connectivity index (χ4v) is 2.49. The van der Waals surface area contributed by atoms with Crippen LogP contribution in [0.4, 0.5) is 18.3 Å². The number of likely N-dealkylation sites (N-methyl/N-ethyl adjacent to an activating group) is 1. The lowest BCUT2D eigenvalue weighted by Gasteiger charge is -2.19. The van der Waals surface area contributed by atoms with E-state index < -0.39 is 11.2 Å². The van der Waals surface area contributed by atoms with Gasteiger partial charge in [-0.25, -0.2) is 0 Å². The van der Waals surface area contributed by atoms with Crippen LogP contribution in [0, 0.1) is 0 Å².